The fraction of sp³-hybridized carbons (Fsp3) is 0.149. The standard InChI is InChI=1S/C32H29NO.C15H17N/c1-22(2)25-18-20-27(21-19-25)33(26-13-6-5-7-14-26)31(28-15-9-8-12-23(28)3)32-24(4)29-16-10-11-17-30(29)34-32;1-12(2)13-8-10-15(11-9-13)16-14-6-4-3-5-7-14/h5-22H,4H2,1-3H3;3-12,16H,1-2H3/b32-31-;. The average molecular weight is 655 g/mol. The minimum Gasteiger partial charge on any atom is -0.454 e. The first-order valence-corrected chi connectivity index (χ1v) is 17.4. The smallest absolute Gasteiger partial charge is 0.159 e. The van der Waals surface area contributed by atoms with Crippen LogP contribution < -0.4 is 20.9 Å². The molecule has 0 saturated heterocycles. The lowest BCUT2D eigenvalue weighted by Crippen LogP contribution is -2.30. The second kappa shape index (κ2) is 15.6. The van der Waals surface area contributed by atoms with E-state index in [9.17, 15) is 0 Å². The Morgan fingerprint density at radius 1 is 0.560 bits per heavy atom. The van der Waals surface area contributed by atoms with Crippen molar-refractivity contribution in [2.75, 3.05) is 10.2 Å². The van der Waals surface area contributed by atoms with Crippen LogP contribution in [0.15, 0.2) is 162 Å². The Balaban J connectivity index is 0.000000226. The first-order chi connectivity index (χ1) is 24.3. The Hall–Kier alpha value is -5.80. The molecular weight excluding hydrogens is 609 g/mol. The lowest BCUT2D eigenvalue weighted by Gasteiger charge is -2.28. The molecule has 7 rings (SSSR count). The van der Waals surface area contributed by atoms with Crippen molar-refractivity contribution in [1.29, 1.82) is 0 Å². The molecule has 1 N–H and O–H groups in total. The van der Waals surface area contributed by atoms with Gasteiger partial charge in [-0.15, -0.1) is 0 Å². The molecular formula is C47H46N2O. The number of furan rings is 1. The van der Waals surface area contributed by atoms with Crippen molar-refractivity contribution >= 4 is 46.0 Å². The lowest BCUT2D eigenvalue weighted by atomic mass is 10.0. The van der Waals surface area contributed by atoms with Gasteiger partial charge in [-0.2, -0.15) is 0 Å². The van der Waals surface area contributed by atoms with E-state index in [0.29, 0.717) is 11.8 Å². The number of nitrogens with one attached hydrogen (secondary N) is 1. The van der Waals surface area contributed by atoms with Gasteiger partial charge in [-0.05, 0) is 90.0 Å². The number of hydrogen-bond acceptors (Lipinski definition) is 3. The molecule has 3 nitrogen and oxygen atoms in total. The number of rotatable bonds is 8. The summed E-state index contributed by atoms with van der Waals surface area (Å²) in [6.07, 6.45) is 0. The molecule has 0 aliphatic heterocycles. The molecule has 0 spiro atoms. The quantitative estimate of drug-likeness (QED) is 0.177. The summed E-state index contributed by atoms with van der Waals surface area (Å²) < 4.78 is 6.52. The van der Waals surface area contributed by atoms with Crippen LogP contribution in [0, 0.1) is 6.92 Å². The SMILES string of the molecule is C=c1/c(=C(\c2ccccc2C)N(c2ccccc2)c2ccc(C(C)C)cc2)oc2ccccc12.CC(C)c1ccc(Nc2ccccc2)cc1. The van der Waals surface area contributed by atoms with Crippen LogP contribution in [-0.2, 0) is 0 Å². The maximum atomic E-state index is 6.52. The molecule has 1 heterocycles. The molecule has 0 amide bonds. The Labute approximate surface area is 296 Å². The van der Waals surface area contributed by atoms with Crippen molar-refractivity contribution < 1.29 is 4.42 Å². The maximum Gasteiger partial charge on any atom is 0.159 e. The zero-order chi connectivity index (χ0) is 35.0. The predicted molar refractivity (Wildman–Crippen MR) is 214 cm³/mol. The Bertz CT molecular complexity index is 2250. The van der Waals surface area contributed by atoms with Crippen LogP contribution in [0.4, 0.5) is 22.7 Å². The average Bonchev–Trinajstić information content (AvgIpc) is 3.48. The fourth-order valence-corrected chi connectivity index (χ4v) is 6.11. The highest BCUT2D eigenvalue weighted by Gasteiger charge is 2.22. The summed E-state index contributed by atoms with van der Waals surface area (Å²) in [7, 11) is 0. The highest BCUT2D eigenvalue weighted by atomic mass is 16.3. The minimum atomic E-state index is 0.473. The van der Waals surface area contributed by atoms with Gasteiger partial charge in [0.2, 0.25) is 0 Å². The Morgan fingerprint density at radius 3 is 1.66 bits per heavy atom. The van der Waals surface area contributed by atoms with Gasteiger partial charge in [-0.1, -0.05) is 137 Å². The Morgan fingerprint density at radius 2 is 1.06 bits per heavy atom. The van der Waals surface area contributed by atoms with Gasteiger partial charge in [0, 0.05) is 38.9 Å². The predicted octanol–water partition coefficient (Wildman–Crippen LogP) is 11.8. The number of anilines is 4. The van der Waals surface area contributed by atoms with E-state index in [0.717, 1.165) is 55.6 Å². The topological polar surface area (TPSA) is 28.4 Å². The number of para-hydroxylation sites is 3. The molecule has 250 valence electrons. The van der Waals surface area contributed by atoms with Crippen LogP contribution in [0.2, 0.25) is 0 Å². The van der Waals surface area contributed by atoms with E-state index in [1.54, 1.807) is 0 Å². The van der Waals surface area contributed by atoms with E-state index < -0.39 is 0 Å². The van der Waals surface area contributed by atoms with Crippen molar-refractivity contribution in [3.63, 3.8) is 0 Å². The van der Waals surface area contributed by atoms with Crippen molar-refractivity contribution in [3.05, 3.63) is 191 Å². The van der Waals surface area contributed by atoms with Gasteiger partial charge in [0.15, 0.2) is 5.42 Å². The van der Waals surface area contributed by atoms with Gasteiger partial charge in [0.05, 0.1) is 5.70 Å². The summed E-state index contributed by atoms with van der Waals surface area (Å²) in [4.78, 5) is 2.29. The van der Waals surface area contributed by atoms with Gasteiger partial charge in [0.1, 0.15) is 5.58 Å². The number of nitrogens with zero attached hydrogens (tertiary/aromatic N) is 1. The van der Waals surface area contributed by atoms with E-state index in [4.69, 9.17) is 4.42 Å². The van der Waals surface area contributed by atoms with E-state index in [1.165, 1.54) is 16.7 Å². The Kier molecular flexibility index (Phi) is 10.6. The normalized spacial score (nSPS) is 11.7. The number of aryl methyl sites for hydroxylation is 1. The molecule has 0 aliphatic carbocycles. The molecule has 0 atom stereocenters. The van der Waals surface area contributed by atoms with Crippen LogP contribution in [-0.4, -0.2) is 0 Å². The van der Waals surface area contributed by atoms with E-state index in [-0.39, 0.29) is 0 Å². The van der Waals surface area contributed by atoms with E-state index >= 15 is 0 Å². The molecule has 1 aromatic heterocycles. The molecule has 7 aromatic rings. The first kappa shape index (κ1) is 34.1. The van der Waals surface area contributed by atoms with Gasteiger partial charge in [-0.3, -0.25) is 0 Å². The summed E-state index contributed by atoms with van der Waals surface area (Å²) in [5.41, 5.74) is 12.0. The van der Waals surface area contributed by atoms with Crippen molar-refractivity contribution in [2.45, 2.75) is 46.5 Å². The summed E-state index contributed by atoms with van der Waals surface area (Å²) in [5, 5.41) is 5.30. The molecule has 0 saturated carbocycles. The summed E-state index contributed by atoms with van der Waals surface area (Å²) in [5.74, 6) is 1.06. The van der Waals surface area contributed by atoms with Crippen LogP contribution in [0.25, 0.3) is 23.2 Å². The number of hydrogen-bond donors (Lipinski definition) is 1. The summed E-state index contributed by atoms with van der Waals surface area (Å²) >= 11 is 0. The van der Waals surface area contributed by atoms with Crippen molar-refractivity contribution in [3.8, 4) is 0 Å². The minimum absolute atomic E-state index is 0.473. The van der Waals surface area contributed by atoms with Gasteiger partial charge in [0.25, 0.3) is 0 Å². The zero-order valence-corrected chi connectivity index (χ0v) is 29.7. The van der Waals surface area contributed by atoms with Crippen LogP contribution in [0.5, 0.6) is 0 Å². The van der Waals surface area contributed by atoms with E-state index in [1.807, 2.05) is 42.5 Å². The molecule has 6 aromatic carbocycles. The maximum absolute atomic E-state index is 6.52. The molecule has 0 fully saturated rings. The molecule has 50 heavy (non-hydrogen) atoms. The molecule has 0 unspecified atom stereocenters. The van der Waals surface area contributed by atoms with Gasteiger partial charge in [-0.25, -0.2) is 0 Å². The number of benzene rings is 6. The second-order valence-corrected chi connectivity index (χ2v) is 13.3. The number of fused-ring (bicyclic) bond motifs is 1. The van der Waals surface area contributed by atoms with Crippen LogP contribution in [0.1, 0.15) is 61.8 Å². The summed E-state index contributed by atoms with van der Waals surface area (Å²) in [6.45, 7) is 15.5. The first-order valence-electron chi connectivity index (χ1n) is 17.4. The van der Waals surface area contributed by atoms with Crippen LogP contribution >= 0.6 is 0 Å². The molecule has 0 bridgehead atoms. The highest BCUT2D eigenvalue weighted by Crippen LogP contribution is 2.35. The van der Waals surface area contributed by atoms with Crippen molar-refractivity contribution in [2.24, 2.45) is 0 Å². The molecule has 3 heteroatoms. The zero-order valence-electron chi connectivity index (χ0n) is 29.7. The van der Waals surface area contributed by atoms with Gasteiger partial charge >= 0.3 is 0 Å². The fourth-order valence-electron chi connectivity index (χ4n) is 6.11. The van der Waals surface area contributed by atoms with E-state index in [2.05, 4.69) is 167 Å². The van der Waals surface area contributed by atoms with Crippen LogP contribution in [0.3, 0.4) is 0 Å². The molecule has 0 radical (unpaired) electrons. The third-order valence-electron chi connectivity index (χ3n) is 9.01. The van der Waals surface area contributed by atoms with Crippen molar-refractivity contribution in [1.82, 2.24) is 0 Å². The molecule has 0 aliphatic rings. The third kappa shape index (κ3) is 7.74. The monoisotopic (exact) mass is 654 g/mol. The summed E-state index contributed by atoms with van der Waals surface area (Å²) in [6, 6.07) is 54.7. The third-order valence-corrected chi connectivity index (χ3v) is 9.01. The second-order valence-electron chi connectivity index (χ2n) is 13.3. The lowest BCUT2D eigenvalue weighted by molar-refractivity contribution is 0.571. The largest absolute Gasteiger partial charge is 0.454 e. The highest BCUT2D eigenvalue weighted by molar-refractivity contribution is 5.90. The van der Waals surface area contributed by atoms with Gasteiger partial charge < -0.3 is 14.6 Å².